The first-order valence-corrected chi connectivity index (χ1v) is 7.90. The van der Waals surface area contributed by atoms with Crippen LogP contribution in [-0.2, 0) is 14.6 Å². The fraction of sp³-hybridized carbons (Fsp3) is 1.00. The van der Waals surface area contributed by atoms with Gasteiger partial charge in [-0.3, -0.25) is 0 Å². The van der Waals surface area contributed by atoms with Crippen molar-refractivity contribution in [2.24, 2.45) is 17.3 Å². The molecule has 0 bridgehead atoms. The highest BCUT2D eigenvalue weighted by Crippen LogP contribution is 2.51. The molecule has 0 radical (unpaired) electrons. The van der Waals surface area contributed by atoms with E-state index in [-0.39, 0.29) is 25.6 Å². The molecular weight excluding hydrogens is 262 g/mol. The highest BCUT2D eigenvalue weighted by Gasteiger charge is 2.66. The predicted octanol–water partition coefficient (Wildman–Crippen LogP) is 2.71. The molecule has 3 nitrogen and oxygen atoms in total. The monoisotopic (exact) mass is 284 g/mol. The third-order valence-electron chi connectivity index (χ3n) is 3.76. The summed E-state index contributed by atoms with van der Waals surface area (Å²) in [5.41, 5.74) is -1.55. The standard InChI is InChI=1S/C12H22F2O3S/c1-9(2)5-6-18(15,16)12(13,14)11(10(3)4)7-17-8-11/h9-10H,5-8H2,1-4H3. The summed E-state index contributed by atoms with van der Waals surface area (Å²) >= 11 is 0. The summed E-state index contributed by atoms with van der Waals surface area (Å²) in [6.07, 6.45) is 0.257. The fourth-order valence-electron chi connectivity index (χ4n) is 1.99. The SMILES string of the molecule is CC(C)CCS(=O)(=O)C(F)(F)C1(C(C)C)COC1. The Kier molecular flexibility index (Phi) is 4.43. The highest BCUT2D eigenvalue weighted by atomic mass is 32.2. The van der Waals surface area contributed by atoms with Gasteiger partial charge in [0.05, 0.1) is 24.4 Å². The summed E-state index contributed by atoms with van der Waals surface area (Å²) in [6.45, 7) is 6.51. The van der Waals surface area contributed by atoms with Gasteiger partial charge in [-0.05, 0) is 18.3 Å². The Balaban J connectivity index is 2.97. The van der Waals surface area contributed by atoms with Crippen LogP contribution in [0.15, 0.2) is 0 Å². The van der Waals surface area contributed by atoms with E-state index in [0.29, 0.717) is 0 Å². The molecule has 0 atom stereocenters. The quantitative estimate of drug-likeness (QED) is 0.753. The molecule has 1 aliphatic heterocycles. The second-order valence-electron chi connectivity index (χ2n) is 5.82. The van der Waals surface area contributed by atoms with E-state index >= 15 is 0 Å². The minimum atomic E-state index is -4.43. The van der Waals surface area contributed by atoms with E-state index in [4.69, 9.17) is 4.74 Å². The Bertz CT molecular complexity index is 384. The summed E-state index contributed by atoms with van der Waals surface area (Å²) in [7, 11) is -4.43. The second-order valence-corrected chi connectivity index (χ2v) is 7.97. The number of alkyl halides is 2. The Morgan fingerprint density at radius 2 is 1.72 bits per heavy atom. The third-order valence-corrected chi connectivity index (χ3v) is 5.72. The molecule has 0 unspecified atom stereocenters. The Hall–Kier alpha value is -0.230. The molecule has 18 heavy (non-hydrogen) atoms. The van der Waals surface area contributed by atoms with E-state index < -0.39 is 32.2 Å². The molecule has 0 amide bonds. The van der Waals surface area contributed by atoms with Crippen molar-refractivity contribution in [3.8, 4) is 0 Å². The molecule has 1 aliphatic rings. The molecule has 1 saturated heterocycles. The van der Waals surface area contributed by atoms with Crippen molar-refractivity contribution < 1.29 is 21.9 Å². The van der Waals surface area contributed by atoms with Crippen LogP contribution in [0.5, 0.6) is 0 Å². The van der Waals surface area contributed by atoms with E-state index in [1.54, 1.807) is 13.8 Å². The lowest BCUT2D eigenvalue weighted by Gasteiger charge is -2.48. The molecule has 0 aromatic rings. The predicted molar refractivity (Wildman–Crippen MR) is 66.3 cm³/mol. The lowest BCUT2D eigenvalue weighted by atomic mass is 9.75. The van der Waals surface area contributed by atoms with Crippen LogP contribution < -0.4 is 0 Å². The first-order chi connectivity index (χ1) is 8.07. The largest absolute Gasteiger partial charge is 0.380 e. The molecule has 0 aliphatic carbocycles. The second kappa shape index (κ2) is 5.04. The molecule has 1 heterocycles. The zero-order valence-corrected chi connectivity index (χ0v) is 12.2. The minimum absolute atomic E-state index is 0.0863. The molecular formula is C12H22F2O3S. The maximum absolute atomic E-state index is 14.3. The number of hydrogen-bond acceptors (Lipinski definition) is 3. The van der Waals surface area contributed by atoms with Gasteiger partial charge in [0, 0.05) is 0 Å². The van der Waals surface area contributed by atoms with Crippen molar-refractivity contribution in [1.29, 1.82) is 0 Å². The summed E-state index contributed by atoms with van der Waals surface area (Å²) < 4.78 is 57.3. The van der Waals surface area contributed by atoms with Gasteiger partial charge >= 0.3 is 5.25 Å². The van der Waals surface area contributed by atoms with Gasteiger partial charge in [0.1, 0.15) is 0 Å². The number of rotatable bonds is 6. The van der Waals surface area contributed by atoms with Crippen LogP contribution in [0.25, 0.3) is 0 Å². The van der Waals surface area contributed by atoms with Gasteiger partial charge in [-0.2, -0.15) is 8.78 Å². The van der Waals surface area contributed by atoms with Gasteiger partial charge in [-0.25, -0.2) is 8.42 Å². The van der Waals surface area contributed by atoms with Crippen LogP contribution in [0.4, 0.5) is 8.78 Å². The topological polar surface area (TPSA) is 43.4 Å². The summed E-state index contributed by atoms with van der Waals surface area (Å²) in [4.78, 5) is 0. The Labute approximate surface area is 108 Å². The van der Waals surface area contributed by atoms with E-state index in [2.05, 4.69) is 0 Å². The molecule has 1 fully saturated rings. The van der Waals surface area contributed by atoms with Crippen molar-refractivity contribution in [3.63, 3.8) is 0 Å². The van der Waals surface area contributed by atoms with Crippen LogP contribution >= 0.6 is 0 Å². The van der Waals surface area contributed by atoms with Crippen molar-refractivity contribution in [1.82, 2.24) is 0 Å². The van der Waals surface area contributed by atoms with Crippen molar-refractivity contribution in [2.45, 2.75) is 39.4 Å². The van der Waals surface area contributed by atoms with E-state index in [1.165, 1.54) is 0 Å². The van der Waals surface area contributed by atoms with Gasteiger partial charge < -0.3 is 4.74 Å². The average molecular weight is 284 g/mol. The molecule has 0 N–H and O–H groups in total. The van der Waals surface area contributed by atoms with E-state index in [0.717, 1.165) is 0 Å². The number of sulfone groups is 1. The molecule has 108 valence electrons. The minimum Gasteiger partial charge on any atom is -0.380 e. The number of hydrogen-bond donors (Lipinski definition) is 0. The van der Waals surface area contributed by atoms with Crippen LogP contribution in [0.2, 0.25) is 0 Å². The maximum atomic E-state index is 14.3. The van der Waals surface area contributed by atoms with E-state index in [1.807, 2.05) is 13.8 Å². The number of halogens is 2. The normalized spacial score (nSPS) is 20.2. The van der Waals surface area contributed by atoms with Gasteiger partial charge in [0.2, 0.25) is 9.84 Å². The van der Waals surface area contributed by atoms with Crippen LogP contribution in [0.1, 0.15) is 34.1 Å². The van der Waals surface area contributed by atoms with Crippen LogP contribution in [-0.4, -0.2) is 32.6 Å². The number of ether oxygens (including phenoxy) is 1. The Morgan fingerprint density at radius 1 is 1.22 bits per heavy atom. The molecule has 0 aromatic heterocycles. The fourth-order valence-corrected chi connectivity index (χ4v) is 4.00. The average Bonchev–Trinajstić information content (AvgIpc) is 2.11. The van der Waals surface area contributed by atoms with Gasteiger partial charge in [0.15, 0.2) is 0 Å². The smallest absolute Gasteiger partial charge is 0.355 e. The van der Waals surface area contributed by atoms with Gasteiger partial charge in [0.25, 0.3) is 0 Å². The van der Waals surface area contributed by atoms with E-state index in [9.17, 15) is 17.2 Å². The molecule has 6 heteroatoms. The van der Waals surface area contributed by atoms with Crippen molar-refractivity contribution >= 4 is 9.84 Å². The summed E-state index contributed by atoms with van der Waals surface area (Å²) in [6, 6.07) is 0. The first kappa shape index (κ1) is 15.8. The lowest BCUT2D eigenvalue weighted by Crippen LogP contribution is -2.62. The highest BCUT2D eigenvalue weighted by molar-refractivity contribution is 7.92. The summed E-state index contributed by atoms with van der Waals surface area (Å²) in [5, 5.41) is -3.71. The molecule has 0 saturated carbocycles. The van der Waals surface area contributed by atoms with Crippen LogP contribution in [0.3, 0.4) is 0 Å². The zero-order valence-electron chi connectivity index (χ0n) is 11.4. The molecule has 0 aromatic carbocycles. The van der Waals surface area contributed by atoms with Gasteiger partial charge in [-0.15, -0.1) is 0 Å². The lowest BCUT2D eigenvalue weighted by molar-refractivity contribution is -0.226. The first-order valence-electron chi connectivity index (χ1n) is 6.24. The molecule has 0 spiro atoms. The van der Waals surface area contributed by atoms with Crippen LogP contribution in [0, 0.1) is 17.3 Å². The summed E-state index contributed by atoms with van der Waals surface area (Å²) in [5.74, 6) is -0.815. The third kappa shape index (κ3) is 2.41. The Morgan fingerprint density at radius 3 is 2.00 bits per heavy atom. The van der Waals surface area contributed by atoms with Gasteiger partial charge in [-0.1, -0.05) is 27.7 Å². The zero-order chi connectivity index (χ0) is 14.2. The van der Waals surface area contributed by atoms with Crippen molar-refractivity contribution in [2.75, 3.05) is 19.0 Å². The van der Waals surface area contributed by atoms with Crippen molar-refractivity contribution in [3.05, 3.63) is 0 Å². The molecule has 1 rings (SSSR count). The maximum Gasteiger partial charge on any atom is 0.355 e.